The van der Waals surface area contributed by atoms with Crippen molar-refractivity contribution in [1.29, 1.82) is 0 Å². The van der Waals surface area contributed by atoms with Crippen LogP contribution in [-0.2, 0) is 28.4 Å². The van der Waals surface area contributed by atoms with E-state index in [0.29, 0.717) is 52.4 Å². The molecule has 3 heterocycles. The van der Waals surface area contributed by atoms with E-state index < -0.39 is 17.7 Å². The zero-order valence-electron chi connectivity index (χ0n) is 27.2. The SMILES string of the molecule is CCOc1cc(C2/C(=C(/O)c3ccc4c(c3)CC(C)O4)C(=O)C(=O)N2c2nnc(SCc3ccc(F)cc3)s2)ccc1OCc1ccccc1. The second kappa shape index (κ2) is 14.3. The lowest BCUT2D eigenvalue weighted by molar-refractivity contribution is -0.132. The van der Waals surface area contributed by atoms with E-state index >= 15 is 0 Å². The number of aliphatic hydroxyl groups is 1. The number of carbonyl (C=O) groups excluding carboxylic acids is 2. The van der Waals surface area contributed by atoms with Crippen LogP contribution < -0.4 is 19.1 Å². The fourth-order valence-electron chi connectivity index (χ4n) is 5.97. The Morgan fingerprint density at radius 3 is 2.56 bits per heavy atom. The second-order valence-electron chi connectivity index (χ2n) is 11.8. The van der Waals surface area contributed by atoms with E-state index in [9.17, 15) is 19.1 Å². The lowest BCUT2D eigenvalue weighted by atomic mass is 9.94. The minimum atomic E-state index is -1.05. The van der Waals surface area contributed by atoms with Crippen LogP contribution in [0, 0.1) is 5.82 Å². The summed E-state index contributed by atoms with van der Waals surface area (Å²) in [7, 11) is 0. The third-order valence-corrected chi connectivity index (χ3v) is 10.4. The van der Waals surface area contributed by atoms with Gasteiger partial charge >= 0.3 is 5.91 Å². The van der Waals surface area contributed by atoms with E-state index in [1.807, 2.05) is 44.2 Å². The summed E-state index contributed by atoms with van der Waals surface area (Å²) >= 11 is 2.53. The van der Waals surface area contributed by atoms with Gasteiger partial charge in [0.25, 0.3) is 5.78 Å². The van der Waals surface area contributed by atoms with Crippen molar-refractivity contribution < 1.29 is 33.3 Å². The predicted octanol–water partition coefficient (Wildman–Crippen LogP) is 7.90. The molecule has 2 atom stereocenters. The van der Waals surface area contributed by atoms with Crippen LogP contribution in [0.3, 0.4) is 0 Å². The van der Waals surface area contributed by atoms with Crippen LogP contribution in [0.25, 0.3) is 5.76 Å². The normalized spacial score (nSPS) is 17.9. The maximum Gasteiger partial charge on any atom is 0.301 e. The highest BCUT2D eigenvalue weighted by Crippen LogP contribution is 2.46. The smallest absolute Gasteiger partial charge is 0.301 e. The lowest BCUT2D eigenvalue weighted by Crippen LogP contribution is -2.29. The first-order valence-corrected chi connectivity index (χ1v) is 17.8. The van der Waals surface area contributed by atoms with Gasteiger partial charge in [0.05, 0.1) is 18.2 Å². The number of aliphatic hydroxyl groups excluding tert-OH is 1. The number of halogens is 1. The molecule has 4 aromatic carbocycles. The fourth-order valence-corrected chi connectivity index (χ4v) is 7.79. The quantitative estimate of drug-likeness (QED) is 0.0481. The van der Waals surface area contributed by atoms with Crippen molar-refractivity contribution in [3.63, 3.8) is 0 Å². The number of benzene rings is 4. The summed E-state index contributed by atoms with van der Waals surface area (Å²) in [5.41, 5.74) is 3.59. The van der Waals surface area contributed by atoms with Gasteiger partial charge in [-0.05, 0) is 78.6 Å². The summed E-state index contributed by atoms with van der Waals surface area (Å²) in [6.45, 7) is 4.46. The van der Waals surface area contributed by atoms with Crippen LogP contribution >= 0.6 is 23.1 Å². The first-order valence-electron chi connectivity index (χ1n) is 16.0. The van der Waals surface area contributed by atoms with Gasteiger partial charge in [-0.25, -0.2) is 4.39 Å². The Kier molecular flexibility index (Phi) is 9.55. The molecule has 2 unspecified atom stereocenters. The molecule has 7 rings (SSSR count). The van der Waals surface area contributed by atoms with Crippen molar-refractivity contribution in [3.05, 3.63) is 130 Å². The van der Waals surface area contributed by atoms with Gasteiger partial charge in [0.1, 0.15) is 30.0 Å². The summed E-state index contributed by atoms with van der Waals surface area (Å²) in [6, 6.07) is 25.3. The van der Waals surface area contributed by atoms with Crippen LogP contribution in [0.15, 0.2) is 101 Å². The number of fused-ring (bicyclic) bond motifs is 1. The Balaban J connectivity index is 1.27. The number of nitrogens with zero attached hydrogens (tertiary/aromatic N) is 3. The summed E-state index contributed by atoms with van der Waals surface area (Å²) in [5, 5.41) is 20.6. The molecule has 1 saturated heterocycles. The van der Waals surface area contributed by atoms with Crippen molar-refractivity contribution in [2.45, 2.75) is 49.1 Å². The van der Waals surface area contributed by atoms with Gasteiger partial charge in [0.15, 0.2) is 15.8 Å². The van der Waals surface area contributed by atoms with Crippen molar-refractivity contribution in [3.8, 4) is 17.2 Å². The summed E-state index contributed by atoms with van der Waals surface area (Å²) in [5.74, 6) is -0.200. The maximum atomic E-state index is 13.9. The molecule has 1 amide bonds. The van der Waals surface area contributed by atoms with Gasteiger partial charge in [-0.3, -0.25) is 14.5 Å². The molecule has 0 saturated carbocycles. The number of hydrogen-bond acceptors (Lipinski definition) is 10. The number of carbonyl (C=O) groups is 2. The molecule has 254 valence electrons. The van der Waals surface area contributed by atoms with E-state index in [2.05, 4.69) is 10.2 Å². The molecule has 0 radical (unpaired) electrons. The van der Waals surface area contributed by atoms with Crippen LogP contribution in [0.5, 0.6) is 17.2 Å². The highest BCUT2D eigenvalue weighted by molar-refractivity contribution is 8.00. The standard InChI is InChI=1S/C38H32FN3O6S2/c1-3-46-31-19-25(11-16-30(31)47-20-23-7-5-4-6-8-23)33-32(34(43)26-12-15-29-27(18-26)17-22(2)48-29)35(44)36(45)42(33)37-40-41-38(50-37)49-21-24-9-13-28(39)14-10-24/h4-16,18-19,22,33,43H,3,17,20-21H2,1-2H3/b34-32-. The molecule has 1 N–H and O–H groups in total. The topological polar surface area (TPSA) is 111 Å². The maximum absolute atomic E-state index is 13.9. The molecular weight excluding hydrogens is 678 g/mol. The molecule has 1 fully saturated rings. The molecule has 1 aromatic heterocycles. The average molecular weight is 710 g/mol. The third kappa shape index (κ3) is 6.81. The summed E-state index contributed by atoms with van der Waals surface area (Å²) < 4.78 is 31.9. The highest BCUT2D eigenvalue weighted by Gasteiger charge is 2.48. The van der Waals surface area contributed by atoms with E-state index in [0.717, 1.165) is 33.8 Å². The van der Waals surface area contributed by atoms with Crippen molar-refractivity contribution in [1.82, 2.24) is 10.2 Å². The number of thioether (sulfide) groups is 1. The fraction of sp³-hybridized carbons (Fsp3) is 0.211. The molecule has 2 aliphatic heterocycles. The monoisotopic (exact) mass is 709 g/mol. The van der Waals surface area contributed by atoms with E-state index in [1.165, 1.54) is 28.8 Å². The zero-order valence-corrected chi connectivity index (χ0v) is 28.8. The first kappa shape index (κ1) is 33.3. The number of anilines is 1. The van der Waals surface area contributed by atoms with Gasteiger partial charge < -0.3 is 19.3 Å². The number of ether oxygens (including phenoxy) is 3. The minimum Gasteiger partial charge on any atom is -0.507 e. The number of ketones is 1. The third-order valence-electron chi connectivity index (χ3n) is 8.31. The first-order chi connectivity index (χ1) is 24.3. The van der Waals surface area contributed by atoms with Crippen LogP contribution in [0.1, 0.15) is 47.7 Å². The number of rotatable bonds is 11. The van der Waals surface area contributed by atoms with Gasteiger partial charge in [0, 0.05) is 17.7 Å². The average Bonchev–Trinajstić information content (AvgIpc) is 3.82. The molecule has 0 bridgehead atoms. The van der Waals surface area contributed by atoms with Crippen molar-refractivity contribution >= 4 is 45.7 Å². The number of aromatic nitrogens is 2. The van der Waals surface area contributed by atoms with Gasteiger partial charge in [-0.15, -0.1) is 10.2 Å². The summed E-state index contributed by atoms with van der Waals surface area (Å²) in [4.78, 5) is 29.0. The summed E-state index contributed by atoms with van der Waals surface area (Å²) in [6.07, 6.45) is 0.639. The Morgan fingerprint density at radius 1 is 0.980 bits per heavy atom. The number of amides is 1. The number of hydrogen-bond donors (Lipinski definition) is 1. The largest absolute Gasteiger partial charge is 0.507 e. The van der Waals surface area contributed by atoms with Crippen LogP contribution in [0.4, 0.5) is 9.52 Å². The van der Waals surface area contributed by atoms with Crippen molar-refractivity contribution in [2.75, 3.05) is 11.5 Å². The molecule has 0 aliphatic carbocycles. The molecule has 5 aromatic rings. The Morgan fingerprint density at radius 2 is 1.78 bits per heavy atom. The predicted molar refractivity (Wildman–Crippen MR) is 189 cm³/mol. The van der Waals surface area contributed by atoms with E-state index in [4.69, 9.17) is 14.2 Å². The lowest BCUT2D eigenvalue weighted by Gasteiger charge is -2.24. The molecular formula is C38H32FN3O6S2. The van der Waals surface area contributed by atoms with Crippen LogP contribution in [-0.4, -0.2) is 39.7 Å². The molecule has 50 heavy (non-hydrogen) atoms. The second-order valence-corrected chi connectivity index (χ2v) is 14.0. The van der Waals surface area contributed by atoms with Crippen LogP contribution in [0.2, 0.25) is 0 Å². The Bertz CT molecular complexity index is 2090. The van der Waals surface area contributed by atoms with Gasteiger partial charge in [-0.2, -0.15) is 0 Å². The molecule has 0 spiro atoms. The van der Waals surface area contributed by atoms with E-state index in [1.54, 1.807) is 48.5 Å². The van der Waals surface area contributed by atoms with E-state index in [-0.39, 0.29) is 28.4 Å². The molecule has 2 aliphatic rings. The molecule has 12 heteroatoms. The van der Waals surface area contributed by atoms with Crippen molar-refractivity contribution in [2.24, 2.45) is 0 Å². The number of Topliss-reactive ketones (excluding diaryl/α,β-unsaturated/α-hetero) is 1. The minimum absolute atomic E-state index is 0.0138. The Hall–Kier alpha value is -5.20. The van der Waals surface area contributed by atoms with Gasteiger partial charge in [-0.1, -0.05) is 71.6 Å². The highest BCUT2D eigenvalue weighted by atomic mass is 32.2. The Labute approximate surface area is 296 Å². The zero-order chi connectivity index (χ0) is 34.8. The van der Waals surface area contributed by atoms with Gasteiger partial charge in [0.2, 0.25) is 5.13 Å². The molecule has 9 nitrogen and oxygen atoms in total.